The van der Waals surface area contributed by atoms with Gasteiger partial charge in [0.05, 0.1) is 6.54 Å². The molecule has 0 spiro atoms. The van der Waals surface area contributed by atoms with Crippen LogP contribution in [0.2, 0.25) is 0 Å². The van der Waals surface area contributed by atoms with Crippen molar-refractivity contribution in [3.05, 3.63) is 35.5 Å². The van der Waals surface area contributed by atoms with Crippen LogP contribution >= 0.6 is 0 Å². The van der Waals surface area contributed by atoms with Gasteiger partial charge in [0.1, 0.15) is 5.75 Å². The van der Waals surface area contributed by atoms with E-state index in [0.717, 1.165) is 9.21 Å². The molecule has 29 heavy (non-hydrogen) atoms. The monoisotopic (exact) mass is 419 g/mol. The number of fused-ring (bicyclic) bond motifs is 1. The quantitative estimate of drug-likeness (QED) is 0.650. The van der Waals surface area contributed by atoms with Gasteiger partial charge in [-0.3, -0.25) is 9.69 Å². The van der Waals surface area contributed by atoms with Crippen LogP contribution in [0.25, 0.3) is 0 Å². The van der Waals surface area contributed by atoms with E-state index in [9.17, 15) is 23.4 Å². The zero-order chi connectivity index (χ0) is 21.5. The molecule has 1 amide bonds. The fraction of sp³-hybridized carbons (Fsp3) is 0.333. The van der Waals surface area contributed by atoms with Crippen LogP contribution in [0.3, 0.4) is 0 Å². The molecule has 1 unspecified atom stereocenters. The summed E-state index contributed by atoms with van der Waals surface area (Å²) in [6.07, 6.45) is -1.36. The van der Waals surface area contributed by atoms with Gasteiger partial charge in [0.15, 0.2) is 11.5 Å². The second-order valence-corrected chi connectivity index (χ2v) is 8.70. The highest BCUT2D eigenvalue weighted by molar-refractivity contribution is 7.88. The van der Waals surface area contributed by atoms with E-state index in [0.29, 0.717) is 5.56 Å². The maximum absolute atomic E-state index is 12.6. The number of imidazole rings is 1. The third-order valence-electron chi connectivity index (χ3n) is 4.50. The predicted molar refractivity (Wildman–Crippen MR) is 105 cm³/mol. The van der Waals surface area contributed by atoms with Crippen molar-refractivity contribution in [2.45, 2.75) is 11.5 Å². The van der Waals surface area contributed by atoms with Gasteiger partial charge >= 0.3 is 0 Å². The maximum atomic E-state index is 12.6. The minimum Gasteiger partial charge on any atom is -0.508 e. The first-order chi connectivity index (χ1) is 13.6. The van der Waals surface area contributed by atoms with E-state index < -0.39 is 22.3 Å². The van der Waals surface area contributed by atoms with Gasteiger partial charge in [0.2, 0.25) is 11.5 Å². The van der Waals surface area contributed by atoms with Gasteiger partial charge in [0.25, 0.3) is 15.9 Å². The molecule has 3 rings (SSSR count). The van der Waals surface area contributed by atoms with E-state index in [1.165, 1.54) is 49.8 Å². The van der Waals surface area contributed by atoms with Crippen molar-refractivity contribution < 1.29 is 23.4 Å². The number of nitrogens with zero attached hydrogens (tertiary/aromatic N) is 5. The number of aromatic nitrogens is 2. The highest BCUT2D eigenvalue weighted by atomic mass is 32.2. The van der Waals surface area contributed by atoms with Gasteiger partial charge in [0, 0.05) is 33.8 Å². The van der Waals surface area contributed by atoms with Gasteiger partial charge in [-0.25, -0.2) is 12.7 Å². The molecule has 1 aromatic heterocycles. The molecule has 0 aliphatic carbocycles. The summed E-state index contributed by atoms with van der Waals surface area (Å²) in [5, 5.41) is 19.7. The summed E-state index contributed by atoms with van der Waals surface area (Å²) < 4.78 is 27.3. The number of hydrogen-bond donors (Lipinski definition) is 2. The molecule has 0 saturated carbocycles. The van der Waals surface area contributed by atoms with Gasteiger partial charge in [-0.05, 0) is 18.2 Å². The predicted octanol–water partition coefficient (Wildman–Crippen LogP) is -0.404. The third kappa shape index (κ3) is 3.53. The van der Waals surface area contributed by atoms with Crippen LogP contribution in [0.5, 0.6) is 5.75 Å². The van der Waals surface area contributed by atoms with Crippen LogP contribution in [-0.4, -0.2) is 77.3 Å². The Kier molecular flexibility index (Phi) is 5.27. The Balaban J connectivity index is 2.04. The summed E-state index contributed by atoms with van der Waals surface area (Å²) in [6, 6.07) is 6.37. The lowest BCUT2D eigenvalue weighted by Gasteiger charge is -2.37. The van der Waals surface area contributed by atoms with Crippen molar-refractivity contribution in [2.75, 3.05) is 32.6 Å². The van der Waals surface area contributed by atoms with Gasteiger partial charge < -0.3 is 19.7 Å². The molecule has 1 aromatic carbocycles. The number of aliphatic hydroxyl groups is 1. The summed E-state index contributed by atoms with van der Waals surface area (Å²) >= 11 is 0. The number of phenols is 1. The molecule has 11 heteroatoms. The average molecular weight is 419 g/mol. The van der Waals surface area contributed by atoms with Gasteiger partial charge in [-0.15, -0.1) is 0 Å². The van der Waals surface area contributed by atoms with Crippen molar-refractivity contribution in [2.24, 2.45) is 7.05 Å². The standard InChI is InChI=1S/C18H21N5O5S/c1-20(2)29(27,28)17-19-15-14(21(17)3)16(25)22(4)18(26)23(15)10-6-8-12-7-5-9-13(24)11-12/h5,7,9,11,18,24,26H,10H2,1-4H3. The second-order valence-electron chi connectivity index (χ2n) is 6.66. The molecule has 0 saturated heterocycles. The number of carbonyl (C=O) groups excluding carboxylic acids is 1. The fourth-order valence-electron chi connectivity index (χ4n) is 2.85. The molecule has 1 aliphatic rings. The average Bonchev–Trinajstić information content (AvgIpc) is 3.00. The molecule has 2 N–H and O–H groups in total. The van der Waals surface area contributed by atoms with Crippen LogP contribution in [0, 0.1) is 11.8 Å². The Morgan fingerprint density at radius 2 is 1.97 bits per heavy atom. The van der Waals surface area contributed by atoms with Crippen molar-refractivity contribution >= 4 is 21.7 Å². The number of hydrogen-bond acceptors (Lipinski definition) is 7. The number of aliphatic hydroxyl groups excluding tert-OH is 1. The summed E-state index contributed by atoms with van der Waals surface area (Å²) in [6.45, 7) is -0.0279. The molecule has 10 nitrogen and oxygen atoms in total. The van der Waals surface area contributed by atoms with Crippen LogP contribution in [0.4, 0.5) is 5.82 Å². The van der Waals surface area contributed by atoms with Crippen LogP contribution in [-0.2, 0) is 17.1 Å². The topological polar surface area (TPSA) is 119 Å². The first-order valence-electron chi connectivity index (χ1n) is 8.54. The zero-order valence-electron chi connectivity index (χ0n) is 16.4. The number of sulfonamides is 1. The van der Waals surface area contributed by atoms with Gasteiger partial charge in [-0.2, -0.15) is 4.98 Å². The Hall–Kier alpha value is -3.07. The lowest BCUT2D eigenvalue weighted by atomic mass is 10.2. The number of aromatic hydroxyl groups is 1. The van der Waals surface area contributed by atoms with Crippen LogP contribution in [0.1, 0.15) is 16.1 Å². The number of phenolic OH excluding ortho intramolecular Hbond substituents is 1. The SMILES string of the molecule is CN1C(=O)c2c(nc(S(=O)(=O)N(C)C)n2C)N(CC#Cc2cccc(O)c2)C1O. The largest absolute Gasteiger partial charge is 0.508 e. The number of benzene rings is 1. The molecule has 0 fully saturated rings. The molecule has 2 aromatic rings. The minimum atomic E-state index is -3.91. The molecule has 0 bridgehead atoms. The van der Waals surface area contributed by atoms with E-state index in [-0.39, 0.29) is 29.0 Å². The molecule has 1 atom stereocenters. The molecular formula is C18H21N5O5S. The maximum Gasteiger partial charge on any atom is 0.277 e. The van der Waals surface area contributed by atoms with Crippen molar-refractivity contribution in [1.82, 2.24) is 18.8 Å². The first-order valence-corrected chi connectivity index (χ1v) is 9.98. The Labute approximate surface area is 168 Å². The highest BCUT2D eigenvalue weighted by Crippen LogP contribution is 2.31. The first kappa shape index (κ1) is 20.7. The number of anilines is 1. The fourth-order valence-corrected chi connectivity index (χ4v) is 3.82. The third-order valence-corrected chi connectivity index (χ3v) is 6.28. The highest BCUT2D eigenvalue weighted by Gasteiger charge is 2.41. The number of rotatable bonds is 3. The summed E-state index contributed by atoms with van der Waals surface area (Å²) in [4.78, 5) is 19.2. The lowest BCUT2D eigenvalue weighted by molar-refractivity contribution is 0.0139. The normalized spacial score (nSPS) is 16.6. The Morgan fingerprint density at radius 1 is 1.28 bits per heavy atom. The second kappa shape index (κ2) is 7.40. The molecule has 154 valence electrons. The van der Waals surface area contributed by atoms with E-state index in [2.05, 4.69) is 16.8 Å². The lowest BCUT2D eigenvalue weighted by Crippen LogP contribution is -2.54. The van der Waals surface area contributed by atoms with E-state index in [1.807, 2.05) is 0 Å². The van der Waals surface area contributed by atoms with E-state index in [4.69, 9.17) is 0 Å². The van der Waals surface area contributed by atoms with Crippen LogP contribution < -0.4 is 4.90 Å². The summed E-state index contributed by atoms with van der Waals surface area (Å²) in [5.41, 5.74) is 0.607. The number of carbonyl (C=O) groups is 1. The smallest absolute Gasteiger partial charge is 0.277 e. The van der Waals surface area contributed by atoms with E-state index in [1.54, 1.807) is 12.1 Å². The Bertz CT molecular complexity index is 1130. The van der Waals surface area contributed by atoms with E-state index >= 15 is 0 Å². The summed E-state index contributed by atoms with van der Waals surface area (Å²) in [7, 11) is 1.66. The Morgan fingerprint density at radius 3 is 2.59 bits per heavy atom. The van der Waals surface area contributed by atoms with Gasteiger partial charge in [-0.1, -0.05) is 17.9 Å². The summed E-state index contributed by atoms with van der Waals surface area (Å²) in [5.74, 6) is 5.26. The molecular weight excluding hydrogens is 398 g/mol. The zero-order valence-corrected chi connectivity index (χ0v) is 17.2. The molecule has 2 heterocycles. The molecule has 1 aliphatic heterocycles. The van der Waals surface area contributed by atoms with Crippen LogP contribution in [0.15, 0.2) is 29.4 Å². The van der Waals surface area contributed by atoms with Crippen molar-refractivity contribution in [3.63, 3.8) is 0 Å². The molecule has 0 radical (unpaired) electrons. The minimum absolute atomic E-state index is 0.0279. The van der Waals surface area contributed by atoms with Crippen molar-refractivity contribution in [3.8, 4) is 17.6 Å². The van der Waals surface area contributed by atoms with Crippen molar-refractivity contribution in [1.29, 1.82) is 0 Å². The number of amides is 1.